The van der Waals surface area contributed by atoms with E-state index in [9.17, 15) is 0 Å². The number of nitrogens with zero attached hydrogens (tertiary/aromatic N) is 2. The average Bonchev–Trinajstić information content (AvgIpc) is 2.38. The summed E-state index contributed by atoms with van der Waals surface area (Å²) in [7, 11) is 2.24. The molecule has 0 amide bonds. The molecule has 1 saturated heterocycles. The fraction of sp³-hybridized carbons (Fsp3) is 1.00. The summed E-state index contributed by atoms with van der Waals surface area (Å²) in [5.74, 6) is 0.927. The van der Waals surface area contributed by atoms with Gasteiger partial charge in [-0.2, -0.15) is 0 Å². The second-order valence-electron chi connectivity index (χ2n) is 6.58. The summed E-state index contributed by atoms with van der Waals surface area (Å²) in [6, 6.07) is 1.52. The molecule has 2 rings (SSSR count). The Morgan fingerprint density at radius 1 is 1.00 bits per heavy atom. The van der Waals surface area contributed by atoms with Crippen LogP contribution in [0, 0.1) is 5.92 Å². The lowest BCUT2D eigenvalue weighted by atomic mass is 9.85. The van der Waals surface area contributed by atoms with Crippen molar-refractivity contribution in [2.24, 2.45) is 5.92 Å². The van der Waals surface area contributed by atoms with Crippen LogP contribution in [0.25, 0.3) is 0 Å². The third-order valence-electron chi connectivity index (χ3n) is 4.69. The molecule has 1 aliphatic heterocycles. The van der Waals surface area contributed by atoms with Crippen LogP contribution in [0.2, 0.25) is 0 Å². The van der Waals surface area contributed by atoms with Gasteiger partial charge in [0.2, 0.25) is 0 Å². The van der Waals surface area contributed by atoms with Gasteiger partial charge in [0, 0.05) is 38.3 Å². The second kappa shape index (κ2) is 6.88. The molecule has 1 heterocycles. The van der Waals surface area contributed by atoms with Crippen molar-refractivity contribution in [3.8, 4) is 0 Å². The van der Waals surface area contributed by atoms with Crippen LogP contribution < -0.4 is 5.32 Å². The van der Waals surface area contributed by atoms with Crippen LogP contribution >= 0.6 is 0 Å². The van der Waals surface area contributed by atoms with Gasteiger partial charge in [-0.05, 0) is 45.2 Å². The SMILES string of the molecule is CC(C)NCC1CCC(N2CCN(C)CC2)CC1. The number of rotatable bonds is 4. The summed E-state index contributed by atoms with van der Waals surface area (Å²) < 4.78 is 0. The van der Waals surface area contributed by atoms with E-state index >= 15 is 0 Å². The van der Waals surface area contributed by atoms with Crippen LogP contribution in [0.4, 0.5) is 0 Å². The Morgan fingerprint density at radius 2 is 1.61 bits per heavy atom. The second-order valence-corrected chi connectivity index (χ2v) is 6.58. The summed E-state index contributed by atoms with van der Waals surface area (Å²) >= 11 is 0. The van der Waals surface area contributed by atoms with E-state index in [1.807, 2.05) is 0 Å². The summed E-state index contributed by atoms with van der Waals surface area (Å²) in [6.45, 7) is 10.8. The van der Waals surface area contributed by atoms with Crippen molar-refractivity contribution in [2.45, 2.75) is 51.6 Å². The Kier molecular flexibility index (Phi) is 5.46. The zero-order valence-electron chi connectivity index (χ0n) is 12.5. The Hall–Kier alpha value is -0.120. The zero-order chi connectivity index (χ0) is 13.0. The highest BCUT2D eigenvalue weighted by atomic mass is 15.3. The molecule has 106 valence electrons. The maximum atomic E-state index is 3.60. The van der Waals surface area contributed by atoms with Gasteiger partial charge in [0.15, 0.2) is 0 Å². The van der Waals surface area contributed by atoms with Gasteiger partial charge in [-0.15, -0.1) is 0 Å². The molecule has 0 aromatic carbocycles. The van der Waals surface area contributed by atoms with Gasteiger partial charge in [0.25, 0.3) is 0 Å². The molecule has 1 N–H and O–H groups in total. The van der Waals surface area contributed by atoms with E-state index in [1.165, 1.54) is 58.4 Å². The molecule has 0 spiro atoms. The normalized spacial score (nSPS) is 32.0. The highest BCUT2D eigenvalue weighted by Crippen LogP contribution is 2.27. The van der Waals surface area contributed by atoms with Crippen molar-refractivity contribution < 1.29 is 0 Å². The van der Waals surface area contributed by atoms with E-state index in [-0.39, 0.29) is 0 Å². The predicted octanol–water partition coefficient (Wildman–Crippen LogP) is 1.79. The summed E-state index contributed by atoms with van der Waals surface area (Å²) in [6.07, 6.45) is 5.70. The quantitative estimate of drug-likeness (QED) is 0.824. The summed E-state index contributed by atoms with van der Waals surface area (Å²) in [4.78, 5) is 5.20. The van der Waals surface area contributed by atoms with E-state index in [0.717, 1.165) is 12.0 Å². The van der Waals surface area contributed by atoms with Gasteiger partial charge < -0.3 is 10.2 Å². The van der Waals surface area contributed by atoms with Gasteiger partial charge >= 0.3 is 0 Å². The minimum absolute atomic E-state index is 0.639. The Bertz CT molecular complexity index is 226. The van der Waals surface area contributed by atoms with Crippen LogP contribution in [0.1, 0.15) is 39.5 Å². The molecule has 2 fully saturated rings. The number of hydrogen-bond donors (Lipinski definition) is 1. The first-order chi connectivity index (χ1) is 8.65. The molecule has 0 bridgehead atoms. The molecule has 18 heavy (non-hydrogen) atoms. The van der Waals surface area contributed by atoms with Crippen molar-refractivity contribution >= 4 is 0 Å². The maximum absolute atomic E-state index is 3.60. The first-order valence-electron chi connectivity index (χ1n) is 7.81. The molecule has 1 saturated carbocycles. The number of nitrogens with one attached hydrogen (secondary N) is 1. The fourth-order valence-corrected chi connectivity index (χ4v) is 3.30. The molecular formula is C15H31N3. The molecule has 1 aliphatic carbocycles. The minimum Gasteiger partial charge on any atom is -0.314 e. The summed E-state index contributed by atoms with van der Waals surface area (Å²) in [5, 5.41) is 3.60. The van der Waals surface area contributed by atoms with Crippen molar-refractivity contribution in [3.05, 3.63) is 0 Å². The van der Waals surface area contributed by atoms with Crippen LogP contribution in [0.5, 0.6) is 0 Å². The lowest BCUT2D eigenvalue weighted by Crippen LogP contribution is -2.50. The third-order valence-corrected chi connectivity index (χ3v) is 4.69. The molecular weight excluding hydrogens is 222 g/mol. The lowest BCUT2D eigenvalue weighted by molar-refractivity contribution is 0.0810. The first-order valence-corrected chi connectivity index (χ1v) is 7.81. The van der Waals surface area contributed by atoms with Crippen LogP contribution in [0.15, 0.2) is 0 Å². The third kappa shape index (κ3) is 4.22. The molecule has 3 heteroatoms. The van der Waals surface area contributed by atoms with Gasteiger partial charge in [0.1, 0.15) is 0 Å². The Morgan fingerprint density at radius 3 is 2.17 bits per heavy atom. The lowest BCUT2D eigenvalue weighted by Gasteiger charge is -2.41. The van der Waals surface area contributed by atoms with Crippen molar-refractivity contribution in [3.63, 3.8) is 0 Å². The smallest absolute Gasteiger partial charge is 0.0113 e. The fourth-order valence-electron chi connectivity index (χ4n) is 3.30. The zero-order valence-corrected chi connectivity index (χ0v) is 12.5. The molecule has 0 atom stereocenters. The monoisotopic (exact) mass is 253 g/mol. The molecule has 3 nitrogen and oxygen atoms in total. The largest absolute Gasteiger partial charge is 0.314 e. The van der Waals surface area contributed by atoms with Gasteiger partial charge in [-0.25, -0.2) is 0 Å². The Labute approximate surface area is 113 Å². The van der Waals surface area contributed by atoms with Crippen molar-refractivity contribution in [1.82, 2.24) is 15.1 Å². The maximum Gasteiger partial charge on any atom is 0.0113 e. The minimum atomic E-state index is 0.639. The van der Waals surface area contributed by atoms with E-state index in [4.69, 9.17) is 0 Å². The van der Waals surface area contributed by atoms with Gasteiger partial charge in [-0.3, -0.25) is 4.90 Å². The highest BCUT2D eigenvalue weighted by Gasteiger charge is 2.27. The summed E-state index contributed by atoms with van der Waals surface area (Å²) in [5.41, 5.74) is 0. The first kappa shape index (κ1) is 14.3. The van der Waals surface area contributed by atoms with E-state index < -0.39 is 0 Å². The van der Waals surface area contributed by atoms with Gasteiger partial charge in [0.05, 0.1) is 0 Å². The average molecular weight is 253 g/mol. The van der Waals surface area contributed by atoms with Crippen LogP contribution in [0.3, 0.4) is 0 Å². The Balaban J connectivity index is 1.67. The topological polar surface area (TPSA) is 18.5 Å². The molecule has 2 aliphatic rings. The number of likely N-dealkylation sites (N-methyl/N-ethyl adjacent to an activating group) is 1. The highest BCUT2D eigenvalue weighted by molar-refractivity contribution is 4.83. The number of hydrogen-bond acceptors (Lipinski definition) is 3. The van der Waals surface area contributed by atoms with Gasteiger partial charge in [-0.1, -0.05) is 13.8 Å². The van der Waals surface area contributed by atoms with E-state index in [0.29, 0.717) is 6.04 Å². The molecule has 0 unspecified atom stereocenters. The van der Waals surface area contributed by atoms with E-state index in [1.54, 1.807) is 0 Å². The van der Waals surface area contributed by atoms with Crippen LogP contribution in [-0.2, 0) is 0 Å². The molecule has 0 aromatic heterocycles. The molecule has 0 radical (unpaired) electrons. The van der Waals surface area contributed by atoms with Crippen molar-refractivity contribution in [1.29, 1.82) is 0 Å². The van der Waals surface area contributed by atoms with Crippen LogP contribution in [-0.4, -0.2) is 61.7 Å². The predicted molar refractivity (Wildman–Crippen MR) is 78.0 cm³/mol. The van der Waals surface area contributed by atoms with E-state index in [2.05, 4.69) is 36.0 Å². The molecule has 0 aromatic rings. The standard InChI is InChI=1S/C15H31N3/c1-13(2)16-12-14-4-6-15(7-5-14)18-10-8-17(3)9-11-18/h13-16H,4-12H2,1-3H3. The number of piperazine rings is 1. The van der Waals surface area contributed by atoms with Crippen molar-refractivity contribution in [2.75, 3.05) is 39.8 Å².